The molecular formula is C25H23FN6O. The molecule has 7 nitrogen and oxygen atoms in total. The van der Waals surface area contributed by atoms with Crippen molar-refractivity contribution < 1.29 is 9.13 Å². The molecule has 5 aromatic rings. The highest BCUT2D eigenvalue weighted by Crippen LogP contribution is 2.37. The van der Waals surface area contributed by atoms with Gasteiger partial charge in [0.05, 0.1) is 5.54 Å². The van der Waals surface area contributed by atoms with E-state index in [1.165, 1.54) is 23.1 Å². The number of nitrogens with zero attached hydrogens (tertiary/aromatic N) is 4. The van der Waals surface area contributed by atoms with E-state index in [1.54, 1.807) is 6.07 Å². The second-order valence-electron chi connectivity index (χ2n) is 8.95. The van der Waals surface area contributed by atoms with Gasteiger partial charge in [-0.15, -0.1) is 0 Å². The Bertz CT molecular complexity index is 1500. The van der Waals surface area contributed by atoms with Gasteiger partial charge in [-0.25, -0.2) is 14.4 Å². The van der Waals surface area contributed by atoms with Crippen LogP contribution in [-0.4, -0.2) is 37.7 Å². The molecule has 0 amide bonds. The minimum atomic E-state index is -0.327. The summed E-state index contributed by atoms with van der Waals surface area (Å²) in [6, 6.07) is 15.1. The van der Waals surface area contributed by atoms with Gasteiger partial charge < -0.3 is 15.0 Å². The lowest BCUT2D eigenvalue weighted by atomic mass is 10.1. The Balaban J connectivity index is 1.39. The van der Waals surface area contributed by atoms with Crippen LogP contribution in [0.15, 0.2) is 54.7 Å². The number of anilines is 1. The average molecular weight is 442 g/mol. The second-order valence-corrected chi connectivity index (χ2v) is 8.95. The second kappa shape index (κ2) is 7.30. The van der Waals surface area contributed by atoms with Gasteiger partial charge in [0.15, 0.2) is 22.8 Å². The maximum Gasteiger partial charge on any atom is 0.299 e. The predicted octanol–water partition coefficient (Wildman–Crippen LogP) is 4.90. The van der Waals surface area contributed by atoms with E-state index >= 15 is 0 Å². The largest absolute Gasteiger partial charge is 0.462 e. The van der Waals surface area contributed by atoms with Crippen LogP contribution in [0.25, 0.3) is 33.5 Å². The number of para-hydroxylation sites is 1. The number of H-pyrrole nitrogens is 1. The Morgan fingerprint density at radius 2 is 2.00 bits per heavy atom. The molecule has 2 aromatic carbocycles. The number of rotatable bonds is 5. The Kier molecular flexibility index (Phi) is 4.36. The topological polar surface area (TPSA) is 80.7 Å². The van der Waals surface area contributed by atoms with E-state index in [9.17, 15) is 4.39 Å². The summed E-state index contributed by atoms with van der Waals surface area (Å²) in [5.41, 5.74) is 4.00. The SMILES string of the molecule is CC1(C)COc2nc3c(NCCc4c[nH]c5ccccc45)nc(-c4cccc(F)c4)nc3n21. The number of fused-ring (bicyclic) bond motifs is 4. The third kappa shape index (κ3) is 3.29. The van der Waals surface area contributed by atoms with Crippen molar-refractivity contribution in [1.29, 1.82) is 0 Å². The summed E-state index contributed by atoms with van der Waals surface area (Å²) in [6.45, 7) is 5.34. The van der Waals surface area contributed by atoms with Crippen LogP contribution in [-0.2, 0) is 12.0 Å². The third-order valence-electron chi connectivity index (χ3n) is 6.08. The van der Waals surface area contributed by atoms with E-state index in [4.69, 9.17) is 14.7 Å². The predicted molar refractivity (Wildman–Crippen MR) is 126 cm³/mol. The molecule has 3 aromatic heterocycles. The molecule has 0 bridgehead atoms. The first-order valence-corrected chi connectivity index (χ1v) is 11.0. The fourth-order valence-corrected chi connectivity index (χ4v) is 4.42. The Labute approximate surface area is 189 Å². The van der Waals surface area contributed by atoms with Gasteiger partial charge in [-0.1, -0.05) is 30.3 Å². The summed E-state index contributed by atoms with van der Waals surface area (Å²) < 4.78 is 21.7. The van der Waals surface area contributed by atoms with Gasteiger partial charge in [0.2, 0.25) is 0 Å². The number of aromatic nitrogens is 5. The lowest BCUT2D eigenvalue weighted by Gasteiger charge is -2.18. The van der Waals surface area contributed by atoms with Crippen LogP contribution in [0.2, 0.25) is 0 Å². The zero-order valence-electron chi connectivity index (χ0n) is 18.4. The lowest BCUT2D eigenvalue weighted by molar-refractivity contribution is 0.268. The quantitative estimate of drug-likeness (QED) is 0.405. The van der Waals surface area contributed by atoms with E-state index in [2.05, 4.69) is 41.3 Å². The molecule has 0 spiro atoms. The van der Waals surface area contributed by atoms with Crippen LogP contribution in [0, 0.1) is 5.82 Å². The minimum Gasteiger partial charge on any atom is -0.462 e. The molecule has 0 aliphatic carbocycles. The van der Waals surface area contributed by atoms with Crippen LogP contribution in [0.1, 0.15) is 19.4 Å². The summed E-state index contributed by atoms with van der Waals surface area (Å²) in [7, 11) is 0. The zero-order chi connectivity index (χ0) is 22.6. The first kappa shape index (κ1) is 19.7. The van der Waals surface area contributed by atoms with Crippen molar-refractivity contribution >= 4 is 27.9 Å². The maximum absolute atomic E-state index is 13.9. The summed E-state index contributed by atoms with van der Waals surface area (Å²) >= 11 is 0. The van der Waals surface area contributed by atoms with E-state index < -0.39 is 0 Å². The standard InChI is InChI=1S/C25H23FN6O/c1-25(2)14-33-24-29-20-22(27-11-10-16-13-28-19-9-4-3-8-18(16)19)30-21(31-23(20)32(24)25)15-6-5-7-17(26)12-15/h3-9,12-13,28H,10-11,14H2,1-2H3,(H,27,30,31). The molecule has 166 valence electrons. The molecule has 1 aliphatic heterocycles. The molecule has 1 aliphatic rings. The smallest absolute Gasteiger partial charge is 0.299 e. The monoisotopic (exact) mass is 442 g/mol. The number of hydrogen-bond donors (Lipinski definition) is 2. The van der Waals surface area contributed by atoms with Crippen LogP contribution in [0.3, 0.4) is 0 Å². The molecule has 0 saturated carbocycles. The molecule has 2 N–H and O–H groups in total. The van der Waals surface area contributed by atoms with E-state index in [1.807, 2.05) is 29.0 Å². The highest BCUT2D eigenvalue weighted by molar-refractivity contribution is 5.87. The molecule has 0 fully saturated rings. The van der Waals surface area contributed by atoms with Gasteiger partial charge in [0, 0.05) is 29.2 Å². The molecule has 6 rings (SSSR count). The first-order chi connectivity index (χ1) is 16.0. The fourth-order valence-electron chi connectivity index (χ4n) is 4.42. The number of aromatic amines is 1. The number of ether oxygens (including phenoxy) is 1. The van der Waals surface area contributed by atoms with Crippen molar-refractivity contribution in [2.75, 3.05) is 18.5 Å². The van der Waals surface area contributed by atoms with Crippen LogP contribution in [0.4, 0.5) is 10.2 Å². The number of nitrogens with one attached hydrogen (secondary N) is 2. The Morgan fingerprint density at radius 1 is 1.12 bits per heavy atom. The summed E-state index contributed by atoms with van der Waals surface area (Å²) in [5.74, 6) is 0.731. The fraction of sp³-hybridized carbons (Fsp3) is 0.240. The molecule has 0 saturated heterocycles. The highest BCUT2D eigenvalue weighted by Gasteiger charge is 2.36. The van der Waals surface area contributed by atoms with Crippen molar-refractivity contribution in [2.24, 2.45) is 0 Å². The number of halogens is 1. The third-order valence-corrected chi connectivity index (χ3v) is 6.08. The molecular weight excluding hydrogens is 419 g/mol. The molecule has 4 heterocycles. The Morgan fingerprint density at radius 3 is 2.88 bits per heavy atom. The minimum absolute atomic E-state index is 0.293. The van der Waals surface area contributed by atoms with Gasteiger partial charge >= 0.3 is 0 Å². The van der Waals surface area contributed by atoms with Gasteiger partial charge in [0.25, 0.3) is 6.01 Å². The van der Waals surface area contributed by atoms with Crippen LogP contribution < -0.4 is 10.1 Å². The number of hydrogen-bond acceptors (Lipinski definition) is 5. The van der Waals surface area contributed by atoms with Gasteiger partial charge in [-0.05, 0) is 44.0 Å². The van der Waals surface area contributed by atoms with Crippen LogP contribution >= 0.6 is 0 Å². The van der Waals surface area contributed by atoms with Gasteiger partial charge in [-0.2, -0.15) is 4.98 Å². The molecule has 0 unspecified atom stereocenters. The molecule has 0 atom stereocenters. The normalized spacial score (nSPS) is 14.5. The molecule has 8 heteroatoms. The van der Waals surface area contributed by atoms with Crippen LogP contribution in [0.5, 0.6) is 6.01 Å². The summed E-state index contributed by atoms with van der Waals surface area (Å²) in [6.07, 6.45) is 2.85. The van der Waals surface area contributed by atoms with Gasteiger partial charge in [-0.3, -0.25) is 4.57 Å². The number of benzene rings is 2. The van der Waals surface area contributed by atoms with Crippen molar-refractivity contribution in [3.8, 4) is 17.4 Å². The van der Waals surface area contributed by atoms with E-state index in [0.29, 0.717) is 47.5 Å². The maximum atomic E-state index is 13.9. The highest BCUT2D eigenvalue weighted by atomic mass is 19.1. The van der Waals surface area contributed by atoms with Gasteiger partial charge in [0.1, 0.15) is 12.4 Å². The first-order valence-electron chi connectivity index (χ1n) is 11.0. The zero-order valence-corrected chi connectivity index (χ0v) is 18.4. The Hall–Kier alpha value is -3.94. The lowest BCUT2D eigenvalue weighted by Crippen LogP contribution is -2.25. The summed E-state index contributed by atoms with van der Waals surface area (Å²) in [5, 5.41) is 4.65. The summed E-state index contributed by atoms with van der Waals surface area (Å²) in [4.78, 5) is 17.5. The van der Waals surface area contributed by atoms with Crippen molar-refractivity contribution in [3.63, 3.8) is 0 Å². The van der Waals surface area contributed by atoms with Crippen molar-refractivity contribution in [2.45, 2.75) is 25.8 Å². The molecule has 0 radical (unpaired) electrons. The van der Waals surface area contributed by atoms with E-state index in [0.717, 1.165) is 11.9 Å². The van der Waals surface area contributed by atoms with E-state index in [-0.39, 0.29) is 11.4 Å². The average Bonchev–Trinajstić information content (AvgIpc) is 3.47. The molecule has 33 heavy (non-hydrogen) atoms. The van der Waals surface area contributed by atoms with Crippen molar-refractivity contribution in [3.05, 3.63) is 66.1 Å². The number of imidazole rings is 1. The van der Waals surface area contributed by atoms with Crippen molar-refractivity contribution in [1.82, 2.24) is 24.5 Å².